The standard InChI is InChI=1S/C16H16O3/c1-11(2)13-4-3-5-14(10-13)12-6-8-15(9-7-12)19-16(17)18/h3-9H,10H2,1-2H3,(H,17,18). The summed E-state index contributed by atoms with van der Waals surface area (Å²) in [5.74, 6) is 0.339. The second-order valence-corrected chi connectivity index (χ2v) is 4.65. The molecule has 1 aliphatic carbocycles. The molecule has 2 rings (SSSR count). The number of hydrogen-bond donors (Lipinski definition) is 1. The Morgan fingerprint density at radius 1 is 1.21 bits per heavy atom. The molecule has 3 heteroatoms. The van der Waals surface area contributed by atoms with Gasteiger partial charge in [0.15, 0.2) is 0 Å². The predicted molar refractivity (Wildman–Crippen MR) is 75.2 cm³/mol. The van der Waals surface area contributed by atoms with Crippen molar-refractivity contribution in [3.63, 3.8) is 0 Å². The summed E-state index contributed by atoms with van der Waals surface area (Å²) in [5.41, 5.74) is 4.94. The first kappa shape index (κ1) is 13.1. The molecule has 0 spiro atoms. The molecule has 1 aromatic carbocycles. The van der Waals surface area contributed by atoms with Gasteiger partial charge >= 0.3 is 6.16 Å². The van der Waals surface area contributed by atoms with Crippen molar-refractivity contribution < 1.29 is 14.6 Å². The number of benzene rings is 1. The van der Waals surface area contributed by atoms with Crippen molar-refractivity contribution in [2.75, 3.05) is 0 Å². The Morgan fingerprint density at radius 2 is 1.89 bits per heavy atom. The summed E-state index contributed by atoms with van der Waals surface area (Å²) >= 11 is 0. The van der Waals surface area contributed by atoms with E-state index in [0.717, 1.165) is 12.0 Å². The van der Waals surface area contributed by atoms with Gasteiger partial charge in [-0.3, -0.25) is 0 Å². The average molecular weight is 256 g/mol. The monoisotopic (exact) mass is 256 g/mol. The maximum atomic E-state index is 10.4. The molecular formula is C16H16O3. The van der Waals surface area contributed by atoms with Gasteiger partial charge in [-0.25, -0.2) is 4.79 Å². The number of rotatable bonds is 2. The summed E-state index contributed by atoms with van der Waals surface area (Å²) in [7, 11) is 0. The fourth-order valence-electron chi connectivity index (χ4n) is 1.98. The lowest BCUT2D eigenvalue weighted by atomic mass is 9.92. The Morgan fingerprint density at radius 3 is 2.47 bits per heavy atom. The average Bonchev–Trinajstić information content (AvgIpc) is 2.39. The van der Waals surface area contributed by atoms with Crippen molar-refractivity contribution in [3.05, 3.63) is 59.2 Å². The lowest BCUT2D eigenvalue weighted by molar-refractivity contribution is 0.144. The molecule has 1 aromatic rings. The van der Waals surface area contributed by atoms with Crippen molar-refractivity contribution in [1.29, 1.82) is 0 Å². The minimum Gasteiger partial charge on any atom is -0.449 e. The summed E-state index contributed by atoms with van der Waals surface area (Å²) in [6, 6.07) is 7.10. The molecule has 1 aliphatic rings. The van der Waals surface area contributed by atoms with Gasteiger partial charge in [0.25, 0.3) is 0 Å². The summed E-state index contributed by atoms with van der Waals surface area (Å²) in [6.45, 7) is 4.21. The number of allylic oxidation sites excluding steroid dienone is 6. The van der Waals surface area contributed by atoms with Gasteiger partial charge in [0.1, 0.15) is 5.75 Å². The summed E-state index contributed by atoms with van der Waals surface area (Å²) in [5, 5.41) is 8.53. The largest absolute Gasteiger partial charge is 0.511 e. The number of ether oxygens (including phenoxy) is 1. The van der Waals surface area contributed by atoms with E-state index in [1.165, 1.54) is 16.7 Å². The van der Waals surface area contributed by atoms with E-state index in [1.807, 2.05) is 18.2 Å². The third kappa shape index (κ3) is 3.35. The molecular weight excluding hydrogens is 240 g/mol. The van der Waals surface area contributed by atoms with Gasteiger partial charge < -0.3 is 9.84 Å². The first-order valence-electron chi connectivity index (χ1n) is 6.11. The van der Waals surface area contributed by atoms with Crippen molar-refractivity contribution in [1.82, 2.24) is 0 Å². The SMILES string of the molecule is CC(C)=C1C=CC=C(c2ccc(OC(=O)O)cc2)C1. The van der Waals surface area contributed by atoms with Crippen LogP contribution in [-0.2, 0) is 0 Å². The lowest BCUT2D eigenvalue weighted by Crippen LogP contribution is -2.02. The van der Waals surface area contributed by atoms with E-state index in [1.54, 1.807) is 12.1 Å². The van der Waals surface area contributed by atoms with Crippen LogP contribution in [0.5, 0.6) is 5.75 Å². The fourth-order valence-corrected chi connectivity index (χ4v) is 1.98. The third-order valence-corrected chi connectivity index (χ3v) is 3.05. The van der Waals surface area contributed by atoms with Crippen LogP contribution in [0.15, 0.2) is 53.6 Å². The van der Waals surface area contributed by atoms with E-state index in [0.29, 0.717) is 5.75 Å². The lowest BCUT2D eigenvalue weighted by Gasteiger charge is -2.14. The molecule has 0 bridgehead atoms. The molecule has 3 nitrogen and oxygen atoms in total. The van der Waals surface area contributed by atoms with Gasteiger partial charge in [-0.05, 0) is 49.1 Å². The van der Waals surface area contributed by atoms with Gasteiger partial charge in [-0.2, -0.15) is 0 Å². The summed E-state index contributed by atoms with van der Waals surface area (Å²) < 4.78 is 4.59. The van der Waals surface area contributed by atoms with Crippen LogP contribution in [0, 0.1) is 0 Å². The van der Waals surface area contributed by atoms with E-state index in [-0.39, 0.29) is 0 Å². The van der Waals surface area contributed by atoms with Crippen LogP contribution in [-0.4, -0.2) is 11.3 Å². The smallest absolute Gasteiger partial charge is 0.449 e. The van der Waals surface area contributed by atoms with Crippen molar-refractivity contribution in [2.45, 2.75) is 20.3 Å². The van der Waals surface area contributed by atoms with Crippen LogP contribution in [0.2, 0.25) is 0 Å². The molecule has 0 aromatic heterocycles. The Bertz CT molecular complexity index is 571. The van der Waals surface area contributed by atoms with Gasteiger partial charge in [0, 0.05) is 0 Å². The van der Waals surface area contributed by atoms with Crippen LogP contribution in [0.4, 0.5) is 4.79 Å². The van der Waals surface area contributed by atoms with E-state index in [4.69, 9.17) is 5.11 Å². The second-order valence-electron chi connectivity index (χ2n) is 4.65. The Balaban J connectivity index is 2.19. The Labute approximate surface area is 112 Å². The molecule has 0 atom stereocenters. The van der Waals surface area contributed by atoms with Crippen molar-refractivity contribution in [2.24, 2.45) is 0 Å². The van der Waals surface area contributed by atoms with Crippen LogP contribution in [0.3, 0.4) is 0 Å². The Hall–Kier alpha value is -2.29. The minimum absolute atomic E-state index is 0.339. The normalized spacial score (nSPS) is 14.0. The molecule has 0 saturated heterocycles. The first-order chi connectivity index (χ1) is 9.06. The van der Waals surface area contributed by atoms with Crippen molar-refractivity contribution in [3.8, 4) is 5.75 Å². The molecule has 0 heterocycles. The maximum absolute atomic E-state index is 10.4. The zero-order valence-corrected chi connectivity index (χ0v) is 11.0. The second kappa shape index (κ2) is 5.57. The molecule has 0 amide bonds. The number of hydrogen-bond acceptors (Lipinski definition) is 2. The quantitative estimate of drug-likeness (QED) is 0.629. The van der Waals surface area contributed by atoms with Crippen LogP contribution in [0.1, 0.15) is 25.8 Å². The first-order valence-corrected chi connectivity index (χ1v) is 6.11. The van der Waals surface area contributed by atoms with E-state index in [2.05, 4.69) is 30.7 Å². The molecule has 0 aliphatic heterocycles. The molecule has 0 radical (unpaired) electrons. The van der Waals surface area contributed by atoms with Crippen molar-refractivity contribution >= 4 is 11.7 Å². The predicted octanol–water partition coefficient (Wildman–Crippen LogP) is 4.42. The molecule has 1 N–H and O–H groups in total. The molecule has 0 unspecified atom stereocenters. The third-order valence-electron chi connectivity index (χ3n) is 3.05. The molecule has 0 fully saturated rings. The van der Waals surface area contributed by atoms with Gasteiger partial charge in [0.2, 0.25) is 0 Å². The molecule has 98 valence electrons. The highest BCUT2D eigenvalue weighted by molar-refractivity contribution is 5.72. The number of carbonyl (C=O) groups is 1. The summed E-state index contributed by atoms with van der Waals surface area (Å²) in [4.78, 5) is 10.4. The van der Waals surface area contributed by atoms with Crippen LogP contribution in [0.25, 0.3) is 5.57 Å². The zero-order valence-electron chi connectivity index (χ0n) is 11.0. The highest BCUT2D eigenvalue weighted by atomic mass is 16.7. The Kier molecular flexibility index (Phi) is 3.85. The highest BCUT2D eigenvalue weighted by Gasteiger charge is 2.08. The minimum atomic E-state index is -1.29. The highest BCUT2D eigenvalue weighted by Crippen LogP contribution is 2.29. The maximum Gasteiger partial charge on any atom is 0.511 e. The van der Waals surface area contributed by atoms with E-state index in [9.17, 15) is 4.79 Å². The van der Waals surface area contributed by atoms with Gasteiger partial charge in [0.05, 0.1) is 0 Å². The van der Waals surface area contributed by atoms with Gasteiger partial charge in [-0.15, -0.1) is 0 Å². The topological polar surface area (TPSA) is 46.5 Å². The number of carboxylic acid groups (broad SMARTS) is 1. The van der Waals surface area contributed by atoms with E-state index < -0.39 is 6.16 Å². The molecule has 19 heavy (non-hydrogen) atoms. The van der Waals surface area contributed by atoms with Gasteiger partial charge in [-0.1, -0.05) is 35.9 Å². The fraction of sp³-hybridized carbons (Fsp3) is 0.188. The van der Waals surface area contributed by atoms with E-state index >= 15 is 0 Å². The molecule has 0 saturated carbocycles. The zero-order chi connectivity index (χ0) is 13.8. The van der Waals surface area contributed by atoms with Crippen LogP contribution >= 0.6 is 0 Å². The van der Waals surface area contributed by atoms with Crippen LogP contribution < -0.4 is 4.74 Å². The summed E-state index contributed by atoms with van der Waals surface area (Å²) in [6.07, 6.45) is 5.86.